The summed E-state index contributed by atoms with van der Waals surface area (Å²) in [5, 5.41) is 15.0. The number of tetrazole rings is 1. The van der Waals surface area contributed by atoms with Crippen molar-refractivity contribution < 1.29 is 0 Å². The van der Waals surface area contributed by atoms with Crippen LogP contribution in [0.15, 0.2) is 71.8 Å². The molecule has 9 heteroatoms. The first-order chi connectivity index (χ1) is 18.3. The molecule has 0 atom stereocenters. The van der Waals surface area contributed by atoms with Crippen LogP contribution in [-0.4, -0.2) is 34.7 Å². The highest BCUT2D eigenvalue weighted by atomic mass is 35.5. The van der Waals surface area contributed by atoms with E-state index in [0.29, 0.717) is 17.4 Å². The Labute approximate surface area is 226 Å². The predicted molar refractivity (Wildman–Crippen MR) is 150 cm³/mol. The van der Waals surface area contributed by atoms with Crippen molar-refractivity contribution in [2.24, 2.45) is 0 Å². The second kappa shape index (κ2) is 10.4. The van der Waals surface area contributed by atoms with Crippen molar-refractivity contribution in [3.8, 4) is 28.2 Å². The molecule has 0 spiro atoms. The van der Waals surface area contributed by atoms with Gasteiger partial charge in [0.05, 0.1) is 22.9 Å². The molecule has 0 aliphatic carbocycles. The third-order valence-electron chi connectivity index (χ3n) is 6.57. The number of pyridine rings is 1. The van der Waals surface area contributed by atoms with E-state index < -0.39 is 0 Å². The van der Waals surface area contributed by atoms with Crippen LogP contribution in [0.5, 0.6) is 0 Å². The summed E-state index contributed by atoms with van der Waals surface area (Å²) >= 11 is 6.67. The molecule has 0 bridgehead atoms. The molecule has 5 rings (SSSR count). The molecule has 0 radical (unpaired) electrons. The van der Waals surface area contributed by atoms with Crippen LogP contribution in [0.25, 0.3) is 28.2 Å². The van der Waals surface area contributed by atoms with E-state index in [1.807, 2.05) is 67.0 Å². The molecule has 1 N–H and O–H groups in total. The van der Waals surface area contributed by atoms with Crippen LogP contribution >= 0.6 is 11.6 Å². The van der Waals surface area contributed by atoms with E-state index >= 15 is 0 Å². The Bertz CT molecular complexity index is 1610. The molecule has 0 unspecified atom stereocenters. The molecule has 2 aromatic carbocycles. The van der Waals surface area contributed by atoms with Gasteiger partial charge in [0, 0.05) is 29.2 Å². The third-order valence-corrected chi connectivity index (χ3v) is 6.88. The number of aromatic amines is 1. The summed E-state index contributed by atoms with van der Waals surface area (Å²) in [6, 6.07) is 17.6. The maximum Gasteiger partial charge on any atom is 0.333 e. The number of nitrogens with zero attached hydrogens (tertiary/aromatic N) is 6. The van der Waals surface area contributed by atoms with Crippen LogP contribution in [0.2, 0.25) is 5.02 Å². The van der Waals surface area contributed by atoms with Crippen LogP contribution in [0, 0.1) is 0 Å². The summed E-state index contributed by atoms with van der Waals surface area (Å²) in [5.41, 5.74) is 5.95. The first-order valence-electron chi connectivity index (χ1n) is 12.7. The molecule has 3 aromatic heterocycles. The molecule has 194 valence electrons. The molecule has 0 fully saturated rings. The molecule has 0 saturated carbocycles. The van der Waals surface area contributed by atoms with Crippen molar-refractivity contribution in [3.05, 3.63) is 99.4 Å². The lowest BCUT2D eigenvalue weighted by Gasteiger charge is -2.23. The number of hydrogen-bond donors (Lipinski definition) is 1. The van der Waals surface area contributed by atoms with Crippen molar-refractivity contribution in [2.45, 2.75) is 52.5 Å². The van der Waals surface area contributed by atoms with Crippen LogP contribution in [-0.2, 0) is 18.4 Å². The van der Waals surface area contributed by atoms with Crippen molar-refractivity contribution in [2.75, 3.05) is 0 Å². The van der Waals surface area contributed by atoms with E-state index in [2.05, 4.69) is 48.3 Å². The molecule has 5 aromatic rings. The highest BCUT2D eigenvalue weighted by Gasteiger charge is 2.24. The molecule has 0 aliphatic heterocycles. The number of para-hydroxylation sites is 1. The number of benzene rings is 2. The summed E-state index contributed by atoms with van der Waals surface area (Å²) in [5.74, 6) is 0.524. The summed E-state index contributed by atoms with van der Waals surface area (Å²) in [6.45, 7) is 8.85. The lowest BCUT2D eigenvalue weighted by Crippen LogP contribution is -2.27. The Morgan fingerprint density at radius 2 is 1.79 bits per heavy atom. The van der Waals surface area contributed by atoms with Gasteiger partial charge in [0.25, 0.3) is 0 Å². The van der Waals surface area contributed by atoms with Gasteiger partial charge >= 0.3 is 5.69 Å². The van der Waals surface area contributed by atoms with E-state index in [1.54, 1.807) is 9.13 Å². The van der Waals surface area contributed by atoms with Crippen molar-refractivity contribution in [1.82, 2.24) is 34.7 Å². The van der Waals surface area contributed by atoms with Gasteiger partial charge in [0.15, 0.2) is 0 Å². The zero-order valence-electron chi connectivity index (χ0n) is 21.9. The predicted octanol–water partition coefficient (Wildman–Crippen LogP) is 5.83. The Morgan fingerprint density at radius 3 is 2.45 bits per heavy atom. The zero-order chi connectivity index (χ0) is 26.9. The Morgan fingerprint density at radius 1 is 1.00 bits per heavy atom. The Balaban J connectivity index is 1.52. The SMILES string of the molecule is CCCc1cn(-c2c(Cl)cccc2C(C)(C)C)c(=O)n1Cc1ccc(-c2ccccc2-c2nn[nH]n2)cn1. The molecular weight excluding hydrogens is 498 g/mol. The summed E-state index contributed by atoms with van der Waals surface area (Å²) < 4.78 is 3.50. The van der Waals surface area contributed by atoms with Gasteiger partial charge in [0.2, 0.25) is 5.82 Å². The zero-order valence-corrected chi connectivity index (χ0v) is 22.7. The van der Waals surface area contributed by atoms with Crippen molar-refractivity contribution >= 4 is 11.6 Å². The minimum atomic E-state index is -0.179. The highest BCUT2D eigenvalue weighted by Crippen LogP contribution is 2.33. The van der Waals surface area contributed by atoms with Gasteiger partial charge in [0.1, 0.15) is 0 Å². The topological polar surface area (TPSA) is 94.3 Å². The van der Waals surface area contributed by atoms with Gasteiger partial charge in [-0.2, -0.15) is 5.21 Å². The summed E-state index contributed by atoms with van der Waals surface area (Å²) in [7, 11) is 0. The quantitative estimate of drug-likeness (QED) is 0.287. The normalized spacial score (nSPS) is 11.7. The van der Waals surface area contributed by atoms with E-state index in [1.165, 1.54) is 0 Å². The second-order valence-corrected chi connectivity index (χ2v) is 10.7. The molecule has 0 amide bonds. The monoisotopic (exact) mass is 527 g/mol. The van der Waals surface area contributed by atoms with Gasteiger partial charge in [-0.25, -0.2) is 4.79 Å². The number of hydrogen-bond acceptors (Lipinski definition) is 5. The number of aromatic nitrogens is 7. The fourth-order valence-corrected chi connectivity index (χ4v) is 4.99. The molecular formula is C29H30ClN7O. The van der Waals surface area contributed by atoms with Gasteiger partial charge < -0.3 is 0 Å². The second-order valence-electron chi connectivity index (χ2n) is 10.3. The average Bonchev–Trinajstić information content (AvgIpc) is 3.54. The minimum absolute atomic E-state index is 0.125. The number of nitrogens with one attached hydrogen (secondary N) is 1. The van der Waals surface area contributed by atoms with Gasteiger partial charge in [-0.05, 0) is 40.3 Å². The first-order valence-corrected chi connectivity index (χ1v) is 13.0. The van der Waals surface area contributed by atoms with Crippen LogP contribution in [0.4, 0.5) is 0 Å². The Kier molecular flexibility index (Phi) is 6.99. The number of H-pyrrole nitrogens is 1. The molecule has 0 saturated heterocycles. The maximum atomic E-state index is 13.8. The lowest BCUT2D eigenvalue weighted by molar-refractivity contribution is 0.584. The Hall–Kier alpha value is -4.04. The lowest BCUT2D eigenvalue weighted by atomic mass is 9.85. The largest absolute Gasteiger partial charge is 0.333 e. The van der Waals surface area contributed by atoms with E-state index in [9.17, 15) is 4.79 Å². The number of imidazole rings is 1. The number of halogens is 1. The molecule has 0 aliphatic rings. The van der Waals surface area contributed by atoms with E-state index in [-0.39, 0.29) is 11.1 Å². The van der Waals surface area contributed by atoms with Crippen LogP contribution in [0.1, 0.15) is 51.1 Å². The molecule has 38 heavy (non-hydrogen) atoms. The van der Waals surface area contributed by atoms with Crippen LogP contribution < -0.4 is 5.69 Å². The molecule has 8 nitrogen and oxygen atoms in total. The van der Waals surface area contributed by atoms with Gasteiger partial charge in [-0.3, -0.25) is 14.1 Å². The third kappa shape index (κ3) is 4.91. The van der Waals surface area contributed by atoms with Crippen LogP contribution in [0.3, 0.4) is 0 Å². The minimum Gasteiger partial charge on any atom is -0.290 e. The highest BCUT2D eigenvalue weighted by molar-refractivity contribution is 6.32. The van der Waals surface area contributed by atoms with Gasteiger partial charge in [-0.1, -0.05) is 88.2 Å². The number of aryl methyl sites for hydroxylation is 1. The van der Waals surface area contributed by atoms with E-state index in [4.69, 9.17) is 16.6 Å². The summed E-state index contributed by atoms with van der Waals surface area (Å²) in [4.78, 5) is 18.5. The van der Waals surface area contributed by atoms with Crippen molar-refractivity contribution in [1.29, 1.82) is 0 Å². The fourth-order valence-electron chi connectivity index (χ4n) is 4.72. The fraction of sp³-hybridized carbons (Fsp3) is 0.276. The standard InChI is InChI=1S/C29H30ClN7O/c1-5-9-21-18-37(26-24(29(2,3)4)12-8-13-25(26)30)28(38)36(21)17-20-15-14-19(16-31-20)22-10-6-7-11-23(22)27-32-34-35-33-27/h6-8,10-16,18H,5,9,17H2,1-4H3,(H,32,33,34,35). The maximum absolute atomic E-state index is 13.8. The van der Waals surface area contributed by atoms with Gasteiger partial charge in [-0.15, -0.1) is 10.2 Å². The smallest absolute Gasteiger partial charge is 0.290 e. The first kappa shape index (κ1) is 25.6. The van der Waals surface area contributed by atoms with Crippen molar-refractivity contribution in [3.63, 3.8) is 0 Å². The molecule has 3 heterocycles. The summed E-state index contributed by atoms with van der Waals surface area (Å²) in [6.07, 6.45) is 5.43. The number of rotatable bonds is 7. The van der Waals surface area contributed by atoms with E-state index in [0.717, 1.165) is 52.2 Å². The average molecular weight is 528 g/mol.